The molecule has 1 heteroatoms. The van der Waals surface area contributed by atoms with Crippen LogP contribution in [0.2, 0.25) is 0 Å². The lowest BCUT2D eigenvalue weighted by atomic mass is 9.81. The van der Waals surface area contributed by atoms with E-state index in [0.717, 1.165) is 17.6 Å². The molecule has 1 aliphatic carbocycles. The molecule has 0 radical (unpaired) electrons. The zero-order chi connectivity index (χ0) is 16.2. The lowest BCUT2D eigenvalue weighted by molar-refractivity contribution is 0.404. The highest BCUT2D eigenvalue weighted by Gasteiger charge is 2.45. The van der Waals surface area contributed by atoms with Crippen molar-refractivity contribution < 1.29 is 0 Å². The second kappa shape index (κ2) is 4.67. The molecule has 0 aliphatic heterocycles. The van der Waals surface area contributed by atoms with Crippen LogP contribution in [0.25, 0.3) is 22.2 Å². The molecule has 3 aromatic rings. The maximum Gasteiger partial charge on any atom is 0.0750 e. The number of hydrogen-bond donors (Lipinski definition) is 0. The second-order valence-corrected chi connectivity index (χ2v) is 8.04. The topological polar surface area (TPSA) is 12.9 Å². The van der Waals surface area contributed by atoms with Crippen molar-refractivity contribution in [1.82, 2.24) is 4.98 Å². The summed E-state index contributed by atoms with van der Waals surface area (Å²) in [4.78, 5) is 5.08. The number of hydrogen-bond acceptors (Lipinski definition) is 1. The summed E-state index contributed by atoms with van der Waals surface area (Å²) >= 11 is 0. The summed E-state index contributed by atoms with van der Waals surface area (Å²) in [5.74, 6) is 0. The van der Waals surface area contributed by atoms with Crippen LogP contribution in [0.3, 0.4) is 0 Å². The molecule has 0 saturated carbocycles. The largest absolute Gasteiger partial charge is 0.247 e. The van der Waals surface area contributed by atoms with Gasteiger partial charge in [-0.15, -0.1) is 0 Å². The van der Waals surface area contributed by atoms with Gasteiger partial charge in [0.05, 0.1) is 11.2 Å². The lowest BCUT2D eigenvalue weighted by Gasteiger charge is -2.23. The summed E-state index contributed by atoms with van der Waals surface area (Å²) in [6, 6.07) is 19.2. The number of aromatic nitrogens is 1. The molecule has 0 amide bonds. The smallest absolute Gasteiger partial charge is 0.0750 e. The van der Waals surface area contributed by atoms with Crippen molar-refractivity contribution in [2.45, 2.75) is 44.9 Å². The summed E-state index contributed by atoms with van der Waals surface area (Å²) in [5.41, 5.74) is 6.73. The van der Waals surface area contributed by atoms with E-state index >= 15 is 0 Å². The van der Waals surface area contributed by atoms with Gasteiger partial charge in [-0.05, 0) is 34.4 Å². The number of para-hydroxylation sites is 1. The van der Waals surface area contributed by atoms with Crippen molar-refractivity contribution in [2.75, 3.05) is 0 Å². The minimum Gasteiger partial charge on any atom is -0.247 e. The molecule has 4 rings (SSSR count). The fourth-order valence-corrected chi connectivity index (χ4v) is 4.66. The minimum atomic E-state index is 0.140. The molecule has 0 atom stereocenters. The Kier molecular flexibility index (Phi) is 2.93. The molecule has 0 bridgehead atoms. The first-order valence-corrected chi connectivity index (χ1v) is 8.39. The van der Waals surface area contributed by atoms with E-state index in [1.807, 2.05) is 0 Å². The fourth-order valence-electron chi connectivity index (χ4n) is 4.66. The Labute approximate surface area is 138 Å². The van der Waals surface area contributed by atoms with Gasteiger partial charge in [0.2, 0.25) is 0 Å². The summed E-state index contributed by atoms with van der Waals surface area (Å²) in [6.07, 6.45) is 1.16. The maximum atomic E-state index is 5.08. The average molecular weight is 301 g/mol. The first-order chi connectivity index (χ1) is 10.9. The van der Waals surface area contributed by atoms with Crippen molar-refractivity contribution >= 4 is 10.9 Å². The van der Waals surface area contributed by atoms with Crippen LogP contribution in [0.15, 0.2) is 54.6 Å². The van der Waals surface area contributed by atoms with Gasteiger partial charge in [0, 0.05) is 10.9 Å². The van der Waals surface area contributed by atoms with E-state index in [4.69, 9.17) is 4.98 Å². The van der Waals surface area contributed by atoms with E-state index in [9.17, 15) is 0 Å². The quantitative estimate of drug-likeness (QED) is 0.548. The van der Waals surface area contributed by atoms with Gasteiger partial charge in [-0.3, -0.25) is 0 Å². The number of benzene rings is 2. The Balaban J connectivity index is 2.18. The summed E-state index contributed by atoms with van der Waals surface area (Å²) in [5, 5.41) is 1.32. The number of fused-ring (bicyclic) bond motifs is 3. The fraction of sp³-hybridized carbons (Fsp3) is 0.318. The van der Waals surface area contributed by atoms with Crippen LogP contribution in [0.1, 0.15) is 45.2 Å². The van der Waals surface area contributed by atoms with Crippen LogP contribution >= 0.6 is 0 Å². The monoisotopic (exact) mass is 301 g/mol. The van der Waals surface area contributed by atoms with E-state index in [1.54, 1.807) is 0 Å². The normalized spacial score (nSPS) is 18.1. The first-order valence-electron chi connectivity index (χ1n) is 8.39. The lowest BCUT2D eigenvalue weighted by Crippen LogP contribution is -2.18. The molecule has 1 heterocycles. The van der Waals surface area contributed by atoms with Gasteiger partial charge < -0.3 is 0 Å². The highest BCUT2D eigenvalue weighted by molar-refractivity contribution is 5.90. The zero-order valence-electron chi connectivity index (χ0n) is 14.4. The molecule has 1 aliphatic rings. The van der Waals surface area contributed by atoms with Crippen LogP contribution in [0.4, 0.5) is 0 Å². The highest BCUT2D eigenvalue weighted by atomic mass is 14.7. The average Bonchev–Trinajstić information content (AvgIpc) is 2.72. The number of pyridine rings is 1. The Morgan fingerprint density at radius 1 is 0.739 bits per heavy atom. The van der Waals surface area contributed by atoms with E-state index < -0.39 is 0 Å². The summed E-state index contributed by atoms with van der Waals surface area (Å²) < 4.78 is 0. The Morgan fingerprint density at radius 3 is 2.09 bits per heavy atom. The molecule has 0 unspecified atom stereocenters. The van der Waals surface area contributed by atoms with Crippen LogP contribution < -0.4 is 0 Å². The van der Waals surface area contributed by atoms with Crippen LogP contribution in [0.5, 0.6) is 0 Å². The van der Waals surface area contributed by atoms with E-state index in [1.165, 1.54) is 22.1 Å². The molecule has 0 spiro atoms. The molecular formula is C22H23N. The van der Waals surface area contributed by atoms with Gasteiger partial charge >= 0.3 is 0 Å². The molecule has 2 aromatic carbocycles. The third kappa shape index (κ3) is 2.10. The summed E-state index contributed by atoms with van der Waals surface area (Å²) in [6.45, 7) is 9.48. The van der Waals surface area contributed by atoms with Gasteiger partial charge in [-0.1, -0.05) is 76.2 Å². The first kappa shape index (κ1) is 14.4. The molecule has 23 heavy (non-hydrogen) atoms. The molecule has 1 nitrogen and oxygen atoms in total. The second-order valence-electron chi connectivity index (χ2n) is 8.04. The molecule has 1 aromatic heterocycles. The van der Waals surface area contributed by atoms with Crippen molar-refractivity contribution in [3.63, 3.8) is 0 Å². The number of nitrogens with zero attached hydrogens (tertiary/aromatic N) is 1. The van der Waals surface area contributed by atoms with Crippen LogP contribution in [0, 0.1) is 0 Å². The third-order valence-electron chi connectivity index (χ3n) is 5.18. The Bertz CT molecular complexity index is 888. The zero-order valence-corrected chi connectivity index (χ0v) is 14.4. The van der Waals surface area contributed by atoms with Gasteiger partial charge in [0.15, 0.2) is 0 Å². The predicted octanol–water partition coefficient (Wildman–Crippen LogP) is 5.86. The maximum absolute atomic E-state index is 5.08. The van der Waals surface area contributed by atoms with E-state index in [-0.39, 0.29) is 10.8 Å². The highest BCUT2D eigenvalue weighted by Crippen LogP contribution is 2.54. The van der Waals surface area contributed by atoms with E-state index in [2.05, 4.69) is 82.3 Å². The van der Waals surface area contributed by atoms with Gasteiger partial charge in [-0.25, -0.2) is 4.98 Å². The third-order valence-corrected chi connectivity index (χ3v) is 5.18. The minimum absolute atomic E-state index is 0.140. The Hall–Kier alpha value is -2.15. The van der Waals surface area contributed by atoms with Crippen LogP contribution in [-0.4, -0.2) is 4.98 Å². The van der Waals surface area contributed by atoms with Gasteiger partial charge in [0.25, 0.3) is 0 Å². The molecule has 0 saturated heterocycles. The van der Waals surface area contributed by atoms with Gasteiger partial charge in [0.1, 0.15) is 0 Å². The molecule has 0 fully saturated rings. The SMILES string of the molecule is CC1(C)CC(C)(C)c2c1c(-c1ccccc1)nc1ccccc21. The van der Waals surface area contributed by atoms with Crippen molar-refractivity contribution in [3.05, 3.63) is 65.7 Å². The summed E-state index contributed by atoms with van der Waals surface area (Å²) in [7, 11) is 0. The Morgan fingerprint density at radius 2 is 1.35 bits per heavy atom. The van der Waals surface area contributed by atoms with Crippen LogP contribution in [-0.2, 0) is 10.8 Å². The molecule has 0 N–H and O–H groups in total. The number of rotatable bonds is 1. The molecule has 116 valence electrons. The predicted molar refractivity (Wildman–Crippen MR) is 97.8 cm³/mol. The van der Waals surface area contributed by atoms with Crippen molar-refractivity contribution in [1.29, 1.82) is 0 Å². The van der Waals surface area contributed by atoms with Crippen molar-refractivity contribution in [2.24, 2.45) is 0 Å². The molecular weight excluding hydrogens is 278 g/mol. The standard InChI is InChI=1S/C22H23N/c1-21(2)14-22(3,4)19-18(21)16-12-8-9-13-17(16)23-20(19)15-10-6-5-7-11-15/h5-13H,14H2,1-4H3. The van der Waals surface area contributed by atoms with E-state index in [0.29, 0.717) is 0 Å². The van der Waals surface area contributed by atoms with Crippen molar-refractivity contribution in [3.8, 4) is 11.3 Å². The van der Waals surface area contributed by atoms with Gasteiger partial charge in [-0.2, -0.15) is 0 Å².